The van der Waals surface area contributed by atoms with Crippen molar-refractivity contribution in [2.75, 3.05) is 18.4 Å². The van der Waals surface area contributed by atoms with Gasteiger partial charge in [-0.05, 0) is 93.1 Å². The first kappa shape index (κ1) is 20.4. The number of hydrogen-bond acceptors (Lipinski definition) is 4. The second-order valence-corrected chi connectivity index (χ2v) is 9.98. The van der Waals surface area contributed by atoms with E-state index in [0.717, 1.165) is 82.0 Å². The highest BCUT2D eigenvalue weighted by atomic mass is 32.2. The molecule has 3 aliphatic rings. The highest BCUT2D eigenvalue weighted by molar-refractivity contribution is 7.92. The average molecular weight is 418 g/mol. The minimum Gasteiger partial charge on any atom is -0.307 e. The standard InChI is InChI=1S/C22H31N3O3S/c1-2-12-25-13-5-8-18(25)11-14-29(27,28)24-22(26)23-21-19-9-3-6-16(19)15-17-7-4-10-20(17)21/h11,14-15,18H,2-10,12-13H2,1H3,(H2,23,24,26)/b14-11+/t18-/m1/s1. The van der Waals surface area contributed by atoms with E-state index < -0.39 is 16.1 Å². The van der Waals surface area contributed by atoms with Crippen molar-refractivity contribution in [1.29, 1.82) is 0 Å². The molecule has 2 aliphatic carbocycles. The number of aryl methyl sites for hydroxylation is 2. The summed E-state index contributed by atoms with van der Waals surface area (Å²) in [5.41, 5.74) is 5.85. The predicted octanol–water partition coefficient (Wildman–Crippen LogP) is 3.50. The first-order valence-electron chi connectivity index (χ1n) is 10.9. The van der Waals surface area contributed by atoms with Gasteiger partial charge in [0.15, 0.2) is 0 Å². The van der Waals surface area contributed by atoms with Crippen LogP contribution in [0.1, 0.15) is 61.3 Å². The van der Waals surface area contributed by atoms with Crippen LogP contribution in [-0.2, 0) is 35.7 Å². The fourth-order valence-electron chi connectivity index (χ4n) is 5.10. The van der Waals surface area contributed by atoms with E-state index in [1.54, 1.807) is 6.08 Å². The lowest BCUT2D eigenvalue weighted by atomic mass is 9.99. The average Bonchev–Trinajstić information content (AvgIpc) is 3.40. The number of nitrogens with zero attached hydrogens (tertiary/aromatic N) is 1. The molecule has 1 saturated heterocycles. The Morgan fingerprint density at radius 1 is 1.14 bits per heavy atom. The Morgan fingerprint density at radius 2 is 1.83 bits per heavy atom. The Balaban J connectivity index is 1.44. The van der Waals surface area contributed by atoms with Crippen LogP contribution >= 0.6 is 0 Å². The maximum atomic E-state index is 12.5. The van der Waals surface area contributed by atoms with Crippen molar-refractivity contribution < 1.29 is 13.2 Å². The minimum absolute atomic E-state index is 0.134. The number of carbonyl (C=O) groups excluding carboxylic acids is 1. The van der Waals surface area contributed by atoms with Crippen LogP contribution in [0.25, 0.3) is 0 Å². The number of benzene rings is 1. The van der Waals surface area contributed by atoms with Crippen molar-refractivity contribution in [3.05, 3.63) is 39.8 Å². The van der Waals surface area contributed by atoms with Crippen LogP contribution in [0.3, 0.4) is 0 Å². The lowest BCUT2D eigenvalue weighted by molar-refractivity contribution is 0.256. The van der Waals surface area contributed by atoms with Gasteiger partial charge in [-0.15, -0.1) is 0 Å². The number of hydrogen-bond donors (Lipinski definition) is 2. The van der Waals surface area contributed by atoms with Crippen molar-refractivity contribution in [3.8, 4) is 0 Å². The van der Waals surface area contributed by atoms with Gasteiger partial charge in [-0.3, -0.25) is 4.90 Å². The number of nitrogens with one attached hydrogen (secondary N) is 2. The Labute approximate surface area is 173 Å². The van der Waals surface area contributed by atoms with Crippen molar-refractivity contribution in [2.45, 2.75) is 70.8 Å². The van der Waals surface area contributed by atoms with Gasteiger partial charge in [-0.1, -0.05) is 19.1 Å². The van der Waals surface area contributed by atoms with E-state index in [9.17, 15) is 13.2 Å². The zero-order valence-electron chi connectivity index (χ0n) is 17.2. The van der Waals surface area contributed by atoms with Crippen molar-refractivity contribution in [1.82, 2.24) is 9.62 Å². The highest BCUT2D eigenvalue weighted by Gasteiger charge is 2.26. The summed E-state index contributed by atoms with van der Waals surface area (Å²) in [5.74, 6) is 0. The van der Waals surface area contributed by atoms with Gasteiger partial charge in [0.2, 0.25) is 0 Å². The van der Waals surface area contributed by atoms with Crippen LogP contribution in [0.15, 0.2) is 17.6 Å². The highest BCUT2D eigenvalue weighted by Crippen LogP contribution is 2.38. The second-order valence-electron chi connectivity index (χ2n) is 8.41. The van der Waals surface area contributed by atoms with E-state index >= 15 is 0 Å². The van der Waals surface area contributed by atoms with Crippen molar-refractivity contribution in [3.63, 3.8) is 0 Å². The molecule has 0 saturated carbocycles. The predicted molar refractivity (Wildman–Crippen MR) is 116 cm³/mol. The maximum absolute atomic E-state index is 12.5. The molecule has 4 rings (SSSR count). The van der Waals surface area contributed by atoms with Crippen LogP contribution in [0, 0.1) is 0 Å². The molecule has 1 heterocycles. The van der Waals surface area contributed by atoms with E-state index in [1.807, 2.05) is 0 Å². The van der Waals surface area contributed by atoms with Gasteiger partial charge in [-0.25, -0.2) is 17.9 Å². The zero-order chi connectivity index (χ0) is 20.4. The Kier molecular flexibility index (Phi) is 5.97. The minimum atomic E-state index is -3.82. The van der Waals surface area contributed by atoms with Crippen LogP contribution < -0.4 is 10.0 Å². The molecule has 6 nitrogen and oxygen atoms in total. The molecule has 0 bridgehead atoms. The molecule has 1 fully saturated rings. The third-order valence-corrected chi connectivity index (χ3v) is 7.34. The number of urea groups is 1. The quantitative estimate of drug-likeness (QED) is 0.743. The van der Waals surface area contributed by atoms with Crippen LogP contribution in [0.5, 0.6) is 0 Å². The van der Waals surface area contributed by atoms with E-state index in [1.165, 1.54) is 22.3 Å². The third kappa shape index (κ3) is 4.51. The van der Waals surface area contributed by atoms with Gasteiger partial charge in [0.25, 0.3) is 10.0 Å². The maximum Gasteiger partial charge on any atom is 0.333 e. The molecule has 0 radical (unpaired) electrons. The number of likely N-dealkylation sites (tertiary alicyclic amines) is 1. The summed E-state index contributed by atoms with van der Waals surface area (Å²) in [6.45, 7) is 4.09. The molecular weight excluding hydrogens is 386 g/mol. The summed E-state index contributed by atoms with van der Waals surface area (Å²) in [4.78, 5) is 14.8. The van der Waals surface area contributed by atoms with Crippen molar-refractivity contribution in [2.24, 2.45) is 0 Å². The normalized spacial score (nSPS) is 21.5. The molecule has 29 heavy (non-hydrogen) atoms. The molecule has 1 aromatic rings. The SMILES string of the molecule is CCCN1CCC[C@@H]1/C=C/S(=O)(=O)NC(=O)Nc1c2c(cc3c1CCC3)CCC2. The lowest BCUT2D eigenvalue weighted by Crippen LogP contribution is -2.34. The molecule has 0 spiro atoms. The van der Waals surface area contributed by atoms with E-state index in [0.29, 0.717) is 0 Å². The van der Waals surface area contributed by atoms with E-state index in [-0.39, 0.29) is 6.04 Å². The molecular formula is C22H31N3O3S. The second kappa shape index (κ2) is 8.48. The fraction of sp³-hybridized carbons (Fsp3) is 0.591. The summed E-state index contributed by atoms with van der Waals surface area (Å²) in [7, 11) is -3.82. The topological polar surface area (TPSA) is 78.5 Å². The number of amides is 2. The van der Waals surface area contributed by atoms with Gasteiger partial charge < -0.3 is 5.32 Å². The van der Waals surface area contributed by atoms with Crippen molar-refractivity contribution >= 4 is 21.7 Å². The van der Waals surface area contributed by atoms with E-state index in [2.05, 4.69) is 27.9 Å². The van der Waals surface area contributed by atoms with Gasteiger partial charge >= 0.3 is 6.03 Å². The third-order valence-electron chi connectivity index (χ3n) is 6.35. The molecule has 2 amide bonds. The summed E-state index contributed by atoms with van der Waals surface area (Å²) in [6.07, 6.45) is 10.9. The summed E-state index contributed by atoms with van der Waals surface area (Å²) < 4.78 is 27.1. The Bertz CT molecular complexity index is 891. The van der Waals surface area contributed by atoms with E-state index in [4.69, 9.17) is 0 Å². The summed E-state index contributed by atoms with van der Waals surface area (Å²) in [6, 6.07) is 1.76. The molecule has 2 N–H and O–H groups in total. The van der Waals surface area contributed by atoms with Crippen LogP contribution in [0.4, 0.5) is 10.5 Å². The zero-order valence-corrected chi connectivity index (χ0v) is 18.0. The summed E-state index contributed by atoms with van der Waals surface area (Å²) >= 11 is 0. The van der Waals surface area contributed by atoms with Gasteiger partial charge in [0.05, 0.1) is 0 Å². The number of fused-ring (bicyclic) bond motifs is 2. The first-order valence-corrected chi connectivity index (χ1v) is 12.4. The van der Waals surface area contributed by atoms with Gasteiger partial charge in [-0.2, -0.15) is 0 Å². The molecule has 7 heteroatoms. The van der Waals surface area contributed by atoms with Crippen LogP contribution in [-0.4, -0.2) is 38.5 Å². The molecule has 0 unspecified atom stereocenters. The molecule has 0 aromatic heterocycles. The number of anilines is 1. The summed E-state index contributed by atoms with van der Waals surface area (Å²) in [5, 5.41) is 4.04. The number of carbonyl (C=O) groups is 1. The molecule has 1 aromatic carbocycles. The van der Waals surface area contributed by atoms with Crippen LogP contribution in [0.2, 0.25) is 0 Å². The largest absolute Gasteiger partial charge is 0.333 e. The monoisotopic (exact) mass is 417 g/mol. The number of rotatable bonds is 6. The van der Waals surface area contributed by atoms with Gasteiger partial charge in [0, 0.05) is 17.1 Å². The van der Waals surface area contributed by atoms with Gasteiger partial charge in [0.1, 0.15) is 0 Å². The Morgan fingerprint density at radius 3 is 2.48 bits per heavy atom. The molecule has 158 valence electrons. The lowest BCUT2D eigenvalue weighted by Gasteiger charge is -2.20. The first-order chi connectivity index (χ1) is 14.0. The molecule has 1 atom stereocenters. The smallest absolute Gasteiger partial charge is 0.307 e. The molecule has 1 aliphatic heterocycles. The Hall–Kier alpha value is -1.86. The number of sulfonamides is 1. The fourth-order valence-corrected chi connectivity index (χ4v) is 5.86.